The Morgan fingerprint density at radius 3 is 2.64 bits per heavy atom. The molecule has 2 aliphatic rings. The highest BCUT2D eigenvalue weighted by Crippen LogP contribution is 2.44. The van der Waals surface area contributed by atoms with E-state index in [-0.39, 0.29) is 22.8 Å². The predicted octanol–water partition coefficient (Wildman–Crippen LogP) is 4.25. The smallest absolute Gasteiger partial charge is 0.270 e. The molecule has 0 bridgehead atoms. The summed E-state index contributed by atoms with van der Waals surface area (Å²) in [4.78, 5) is 25.5. The third-order valence-electron chi connectivity index (χ3n) is 5.55. The summed E-state index contributed by atoms with van der Waals surface area (Å²) < 4.78 is 7.75. The number of nitrogens with zero attached hydrogens (tertiary/aromatic N) is 1. The number of benzene rings is 1. The second-order valence-corrected chi connectivity index (χ2v) is 8.52. The van der Waals surface area contributed by atoms with Gasteiger partial charge in [0.05, 0.1) is 29.2 Å². The zero-order chi connectivity index (χ0) is 19.5. The van der Waals surface area contributed by atoms with Gasteiger partial charge in [-0.1, -0.05) is 43.9 Å². The fourth-order valence-corrected chi connectivity index (χ4v) is 5.41. The first kappa shape index (κ1) is 19.2. The van der Waals surface area contributed by atoms with Crippen LogP contribution in [0.25, 0.3) is 0 Å². The Labute approximate surface area is 169 Å². The van der Waals surface area contributed by atoms with E-state index in [1.165, 1.54) is 24.6 Å². The predicted molar refractivity (Wildman–Crippen MR) is 112 cm³/mol. The molecule has 2 aromatic rings. The number of rotatable bonds is 4. The number of ether oxygens (including phenoxy) is 1. The molecule has 0 unspecified atom stereocenters. The fourth-order valence-electron chi connectivity index (χ4n) is 4.26. The molecular weight excluding hydrogens is 374 g/mol. The third kappa shape index (κ3) is 3.72. The van der Waals surface area contributed by atoms with Gasteiger partial charge in [0.1, 0.15) is 11.6 Å². The van der Waals surface area contributed by atoms with E-state index in [2.05, 4.69) is 10.4 Å². The van der Waals surface area contributed by atoms with Crippen molar-refractivity contribution in [3.05, 3.63) is 45.7 Å². The lowest BCUT2D eigenvalue weighted by Crippen LogP contribution is -2.19. The molecule has 150 valence electrons. The number of hydrogen-bond donors (Lipinski definition) is 2. The first-order valence-corrected chi connectivity index (χ1v) is 11.2. The van der Waals surface area contributed by atoms with Crippen LogP contribution in [-0.2, 0) is 4.79 Å². The normalized spacial score (nSPS) is 20.8. The van der Waals surface area contributed by atoms with E-state index in [0.717, 1.165) is 37.0 Å². The number of anilines is 1. The van der Waals surface area contributed by atoms with E-state index in [9.17, 15) is 9.59 Å². The van der Waals surface area contributed by atoms with Crippen molar-refractivity contribution in [2.75, 3.05) is 17.7 Å². The van der Waals surface area contributed by atoms with E-state index in [1.54, 1.807) is 0 Å². The number of fused-ring (bicyclic) bond motifs is 1. The van der Waals surface area contributed by atoms with Crippen LogP contribution in [0.1, 0.15) is 67.9 Å². The van der Waals surface area contributed by atoms with Crippen LogP contribution >= 0.6 is 11.8 Å². The molecule has 28 heavy (non-hydrogen) atoms. The Kier molecular flexibility index (Phi) is 5.80. The van der Waals surface area contributed by atoms with Gasteiger partial charge in [0, 0.05) is 5.56 Å². The summed E-state index contributed by atoms with van der Waals surface area (Å²) in [5, 5.41) is 5.81. The van der Waals surface area contributed by atoms with E-state index < -0.39 is 0 Å². The van der Waals surface area contributed by atoms with E-state index >= 15 is 0 Å². The molecule has 2 heterocycles. The lowest BCUT2D eigenvalue weighted by molar-refractivity contribution is -0.113. The zero-order valence-electron chi connectivity index (χ0n) is 16.2. The van der Waals surface area contributed by atoms with Gasteiger partial charge in [-0.05, 0) is 25.8 Å². The molecule has 2 N–H and O–H groups in total. The summed E-state index contributed by atoms with van der Waals surface area (Å²) in [5.41, 5.74) is 1.45. The summed E-state index contributed by atoms with van der Waals surface area (Å²) in [7, 11) is 0. The topological polar surface area (TPSA) is 76.1 Å². The molecule has 0 saturated heterocycles. The third-order valence-corrected chi connectivity index (χ3v) is 6.81. The minimum absolute atomic E-state index is 0.0657. The maximum Gasteiger partial charge on any atom is 0.270 e. The Hall–Kier alpha value is -2.15. The molecule has 1 fully saturated rings. The van der Waals surface area contributed by atoms with Crippen molar-refractivity contribution in [2.24, 2.45) is 0 Å². The zero-order valence-corrected chi connectivity index (χ0v) is 17.0. The minimum atomic E-state index is -0.243. The van der Waals surface area contributed by atoms with Crippen LogP contribution in [0.3, 0.4) is 0 Å². The van der Waals surface area contributed by atoms with Crippen molar-refractivity contribution < 1.29 is 9.53 Å². The van der Waals surface area contributed by atoms with Gasteiger partial charge >= 0.3 is 0 Å². The Bertz CT molecular complexity index is 897. The molecule has 1 aromatic carbocycles. The summed E-state index contributed by atoms with van der Waals surface area (Å²) in [5.74, 6) is 1.65. The highest BCUT2D eigenvalue weighted by molar-refractivity contribution is 8.00. The number of H-pyrrole nitrogens is 1. The van der Waals surface area contributed by atoms with Gasteiger partial charge in [-0.2, -0.15) is 0 Å². The first-order chi connectivity index (χ1) is 13.7. The van der Waals surface area contributed by atoms with Gasteiger partial charge in [-0.15, -0.1) is 11.8 Å². The average Bonchev–Trinajstić information content (AvgIpc) is 2.90. The molecule has 7 heteroatoms. The largest absolute Gasteiger partial charge is 0.494 e. The Morgan fingerprint density at radius 2 is 1.89 bits per heavy atom. The van der Waals surface area contributed by atoms with Crippen LogP contribution < -0.4 is 15.6 Å². The molecule has 4 rings (SSSR count). The molecule has 1 aliphatic heterocycles. The summed E-state index contributed by atoms with van der Waals surface area (Å²) >= 11 is 1.48. The number of thioether (sulfide) groups is 1. The number of hydrogen-bond acceptors (Lipinski definition) is 4. The van der Waals surface area contributed by atoms with Crippen LogP contribution in [0.5, 0.6) is 5.75 Å². The van der Waals surface area contributed by atoms with Crippen molar-refractivity contribution in [1.82, 2.24) is 9.78 Å². The maximum atomic E-state index is 13.0. The number of amides is 1. The maximum absolute atomic E-state index is 13.0. The molecule has 1 saturated carbocycles. The van der Waals surface area contributed by atoms with Crippen LogP contribution in [0.2, 0.25) is 0 Å². The van der Waals surface area contributed by atoms with Crippen LogP contribution in [0, 0.1) is 0 Å². The molecular formula is C21H27N3O3S. The number of aromatic nitrogens is 2. The number of carbonyl (C=O) groups is 1. The van der Waals surface area contributed by atoms with Crippen LogP contribution in [0.4, 0.5) is 5.82 Å². The van der Waals surface area contributed by atoms with Gasteiger partial charge < -0.3 is 10.1 Å². The summed E-state index contributed by atoms with van der Waals surface area (Å²) in [6.45, 7) is 2.50. The van der Waals surface area contributed by atoms with E-state index in [4.69, 9.17) is 4.74 Å². The van der Waals surface area contributed by atoms with Crippen molar-refractivity contribution in [3.63, 3.8) is 0 Å². The Morgan fingerprint density at radius 1 is 1.14 bits per heavy atom. The Balaban J connectivity index is 1.81. The van der Waals surface area contributed by atoms with Gasteiger partial charge in [-0.3, -0.25) is 19.4 Å². The summed E-state index contributed by atoms with van der Waals surface area (Å²) in [6.07, 6.45) is 6.83. The second kappa shape index (κ2) is 8.47. The van der Waals surface area contributed by atoms with Crippen LogP contribution in [0.15, 0.2) is 29.1 Å². The molecule has 1 atom stereocenters. The molecule has 0 spiro atoms. The van der Waals surface area contributed by atoms with Gasteiger partial charge in [0.15, 0.2) is 0 Å². The van der Waals surface area contributed by atoms with Crippen molar-refractivity contribution in [1.29, 1.82) is 0 Å². The van der Waals surface area contributed by atoms with Crippen LogP contribution in [-0.4, -0.2) is 28.0 Å². The lowest BCUT2D eigenvalue weighted by atomic mass is 10.0. The monoisotopic (exact) mass is 401 g/mol. The number of nitrogens with one attached hydrogen (secondary N) is 2. The molecule has 1 aliphatic carbocycles. The standard InChI is InChI=1S/C21H27N3O3S/c1-2-27-16-12-8-7-11-15(16)19-18-20(22-17(25)13-28-19)24(23-21(18)26)14-9-5-3-4-6-10-14/h7-8,11-12,14,19H,2-6,9-10,13H2,1H3,(H,22,25)(H,23,26)/t19-/m0/s1. The van der Waals surface area contributed by atoms with E-state index in [0.29, 0.717) is 23.7 Å². The van der Waals surface area contributed by atoms with Gasteiger partial charge in [-0.25, -0.2) is 0 Å². The fraction of sp³-hybridized carbons (Fsp3) is 0.524. The van der Waals surface area contributed by atoms with Crippen molar-refractivity contribution in [2.45, 2.75) is 56.7 Å². The van der Waals surface area contributed by atoms with Gasteiger partial charge in [0.2, 0.25) is 5.91 Å². The van der Waals surface area contributed by atoms with Gasteiger partial charge in [0.25, 0.3) is 5.56 Å². The van der Waals surface area contributed by atoms with E-state index in [1.807, 2.05) is 35.9 Å². The highest BCUT2D eigenvalue weighted by atomic mass is 32.2. The molecule has 1 aromatic heterocycles. The molecule has 0 radical (unpaired) electrons. The lowest BCUT2D eigenvalue weighted by Gasteiger charge is -2.20. The average molecular weight is 402 g/mol. The highest BCUT2D eigenvalue weighted by Gasteiger charge is 2.33. The molecule has 1 amide bonds. The number of aromatic amines is 1. The molecule has 6 nitrogen and oxygen atoms in total. The SMILES string of the molecule is CCOc1ccccc1[C@@H]1SCC(=O)Nc2c1c(=O)[nH]n2C1CCCCCC1. The number of para-hydroxylation sites is 1. The van der Waals surface area contributed by atoms with Crippen molar-refractivity contribution >= 4 is 23.5 Å². The second-order valence-electron chi connectivity index (χ2n) is 7.43. The minimum Gasteiger partial charge on any atom is -0.494 e. The van der Waals surface area contributed by atoms with Crippen molar-refractivity contribution in [3.8, 4) is 5.75 Å². The first-order valence-electron chi connectivity index (χ1n) is 10.2. The summed E-state index contributed by atoms with van der Waals surface area (Å²) in [6, 6.07) is 8.03. The number of carbonyl (C=O) groups excluding carboxylic acids is 1. The quantitative estimate of drug-likeness (QED) is 0.751.